The summed E-state index contributed by atoms with van der Waals surface area (Å²) in [5, 5.41) is 0. The van der Waals surface area contributed by atoms with Gasteiger partial charge in [-0.2, -0.15) is 0 Å². The van der Waals surface area contributed by atoms with Gasteiger partial charge in [0.15, 0.2) is 6.29 Å². The van der Waals surface area contributed by atoms with Crippen molar-refractivity contribution in [2.75, 3.05) is 0 Å². The molecule has 0 atom stereocenters. The maximum absolute atomic E-state index is 12.9. The summed E-state index contributed by atoms with van der Waals surface area (Å²) >= 11 is 0. The Morgan fingerprint density at radius 2 is 2.17 bits per heavy atom. The maximum Gasteiger partial charge on any atom is 0.153 e. The normalized spacial score (nSPS) is 10.1. The Morgan fingerprint density at radius 3 is 2.89 bits per heavy atom. The first kappa shape index (κ1) is 12.2. The number of halogens is 1. The average molecular weight is 245 g/mol. The van der Waals surface area contributed by atoms with Gasteiger partial charge in [-0.05, 0) is 25.1 Å². The van der Waals surface area contributed by atoms with Gasteiger partial charge in [0.2, 0.25) is 0 Å². The number of hydrogen-bond acceptors (Lipinski definition) is 3. The fraction of sp³-hybridized carbons (Fsp3) is 0.143. The molecule has 0 N–H and O–H groups in total. The highest BCUT2D eigenvalue weighted by molar-refractivity contribution is 5.79. The van der Waals surface area contributed by atoms with E-state index >= 15 is 0 Å². The van der Waals surface area contributed by atoms with Crippen molar-refractivity contribution < 1.29 is 13.9 Å². The molecule has 0 aliphatic heterocycles. The molecular formula is C14H12FNO2. The minimum atomic E-state index is -0.407. The van der Waals surface area contributed by atoms with E-state index in [1.807, 2.05) is 13.0 Å². The van der Waals surface area contributed by atoms with Crippen molar-refractivity contribution in [1.82, 2.24) is 4.98 Å². The van der Waals surface area contributed by atoms with Crippen LogP contribution in [0.5, 0.6) is 5.75 Å². The van der Waals surface area contributed by atoms with Crippen LogP contribution in [0.3, 0.4) is 0 Å². The molecule has 0 amide bonds. The van der Waals surface area contributed by atoms with Gasteiger partial charge >= 0.3 is 0 Å². The summed E-state index contributed by atoms with van der Waals surface area (Å²) in [5.74, 6) is 0.0791. The molecule has 0 aliphatic carbocycles. The molecule has 1 aromatic carbocycles. The molecule has 18 heavy (non-hydrogen) atoms. The van der Waals surface area contributed by atoms with Crippen LogP contribution in [-0.4, -0.2) is 11.3 Å². The summed E-state index contributed by atoms with van der Waals surface area (Å²) in [4.78, 5) is 14.6. The zero-order valence-electron chi connectivity index (χ0n) is 9.89. The van der Waals surface area contributed by atoms with Crippen LogP contribution in [0.25, 0.3) is 0 Å². The topological polar surface area (TPSA) is 39.2 Å². The Kier molecular flexibility index (Phi) is 3.67. The predicted octanol–water partition coefficient (Wildman–Crippen LogP) is 2.92. The number of aromatic nitrogens is 1. The first-order chi connectivity index (χ1) is 8.69. The quantitative estimate of drug-likeness (QED) is 0.777. The van der Waals surface area contributed by atoms with Crippen molar-refractivity contribution in [3.8, 4) is 5.75 Å². The van der Waals surface area contributed by atoms with Crippen molar-refractivity contribution in [1.29, 1.82) is 0 Å². The first-order valence-electron chi connectivity index (χ1n) is 5.47. The number of hydrogen-bond donors (Lipinski definition) is 0. The van der Waals surface area contributed by atoms with Gasteiger partial charge in [-0.3, -0.25) is 9.78 Å². The summed E-state index contributed by atoms with van der Waals surface area (Å²) < 4.78 is 18.4. The van der Waals surface area contributed by atoms with Gasteiger partial charge in [-0.25, -0.2) is 4.39 Å². The SMILES string of the molecule is Cc1ccc(OCc2cncc(F)c2)c(C=O)c1. The largest absolute Gasteiger partial charge is 0.488 e. The second-order valence-electron chi connectivity index (χ2n) is 3.96. The van der Waals surface area contributed by atoms with Crippen LogP contribution in [-0.2, 0) is 6.61 Å². The molecule has 0 unspecified atom stereocenters. The molecule has 0 spiro atoms. The maximum atomic E-state index is 12.9. The summed E-state index contributed by atoms with van der Waals surface area (Å²) in [5.41, 5.74) is 2.09. The number of ether oxygens (including phenoxy) is 1. The number of rotatable bonds is 4. The molecule has 1 aromatic heterocycles. The molecule has 0 bridgehead atoms. The van der Waals surface area contributed by atoms with E-state index in [0.717, 1.165) is 18.0 Å². The number of aldehydes is 1. The van der Waals surface area contributed by atoms with Crippen LogP contribution in [0.1, 0.15) is 21.5 Å². The molecule has 0 saturated heterocycles. The minimum absolute atomic E-state index is 0.175. The smallest absolute Gasteiger partial charge is 0.153 e. The summed E-state index contributed by atoms with van der Waals surface area (Å²) in [7, 11) is 0. The van der Waals surface area contributed by atoms with Gasteiger partial charge in [0, 0.05) is 11.8 Å². The van der Waals surface area contributed by atoms with Gasteiger partial charge in [0.1, 0.15) is 18.2 Å². The molecule has 0 fully saturated rings. The Bertz CT molecular complexity index is 569. The van der Waals surface area contributed by atoms with Gasteiger partial charge in [-0.1, -0.05) is 11.6 Å². The third-order valence-electron chi connectivity index (χ3n) is 2.45. The molecule has 0 aliphatic rings. The molecule has 2 aromatic rings. The van der Waals surface area contributed by atoms with Crippen LogP contribution in [0.15, 0.2) is 36.7 Å². The first-order valence-corrected chi connectivity index (χ1v) is 5.47. The molecule has 1 heterocycles. The lowest BCUT2D eigenvalue weighted by atomic mass is 10.1. The van der Waals surface area contributed by atoms with Crippen LogP contribution in [0, 0.1) is 12.7 Å². The van der Waals surface area contributed by atoms with Crippen molar-refractivity contribution in [3.05, 3.63) is 59.2 Å². The minimum Gasteiger partial charge on any atom is -0.488 e. The van der Waals surface area contributed by atoms with Crippen LogP contribution in [0.2, 0.25) is 0 Å². The van der Waals surface area contributed by atoms with Gasteiger partial charge in [0.05, 0.1) is 11.8 Å². The van der Waals surface area contributed by atoms with Crippen molar-refractivity contribution >= 4 is 6.29 Å². The van der Waals surface area contributed by atoms with E-state index in [9.17, 15) is 9.18 Å². The highest BCUT2D eigenvalue weighted by atomic mass is 19.1. The van der Waals surface area contributed by atoms with E-state index in [4.69, 9.17) is 4.74 Å². The van der Waals surface area contributed by atoms with Gasteiger partial charge < -0.3 is 4.74 Å². The Hall–Kier alpha value is -2.23. The van der Waals surface area contributed by atoms with Gasteiger partial charge in [-0.15, -0.1) is 0 Å². The Labute approximate surface area is 104 Å². The van der Waals surface area contributed by atoms with Crippen LogP contribution in [0.4, 0.5) is 4.39 Å². The summed E-state index contributed by atoms with van der Waals surface area (Å²) in [6.45, 7) is 2.07. The number of carbonyl (C=O) groups excluding carboxylic acids is 1. The van der Waals surface area contributed by atoms with Crippen molar-refractivity contribution in [3.63, 3.8) is 0 Å². The Morgan fingerprint density at radius 1 is 1.33 bits per heavy atom. The number of benzene rings is 1. The lowest BCUT2D eigenvalue weighted by Gasteiger charge is -2.08. The van der Waals surface area contributed by atoms with E-state index in [2.05, 4.69) is 4.98 Å². The molecule has 3 nitrogen and oxygen atoms in total. The number of nitrogens with zero attached hydrogens (tertiary/aromatic N) is 1. The molecule has 4 heteroatoms. The fourth-order valence-electron chi connectivity index (χ4n) is 1.59. The second kappa shape index (κ2) is 5.40. The van der Waals surface area contributed by atoms with Crippen LogP contribution >= 0.6 is 0 Å². The lowest BCUT2D eigenvalue weighted by Crippen LogP contribution is -1.99. The molecule has 0 saturated carbocycles. The molecule has 2 rings (SSSR count). The summed E-state index contributed by atoms with van der Waals surface area (Å²) in [6.07, 6.45) is 3.40. The highest BCUT2D eigenvalue weighted by Gasteiger charge is 2.04. The van der Waals surface area contributed by atoms with E-state index < -0.39 is 5.82 Å². The summed E-state index contributed by atoms with van der Waals surface area (Å²) in [6, 6.07) is 6.67. The van der Waals surface area contributed by atoms with Crippen LogP contribution < -0.4 is 4.74 Å². The molecule has 0 radical (unpaired) electrons. The average Bonchev–Trinajstić information content (AvgIpc) is 2.37. The lowest BCUT2D eigenvalue weighted by molar-refractivity contribution is 0.111. The monoisotopic (exact) mass is 245 g/mol. The number of aryl methyl sites for hydroxylation is 1. The zero-order chi connectivity index (χ0) is 13.0. The van der Waals surface area contributed by atoms with E-state index in [1.165, 1.54) is 12.3 Å². The third kappa shape index (κ3) is 2.91. The predicted molar refractivity (Wildman–Crippen MR) is 65.1 cm³/mol. The highest BCUT2D eigenvalue weighted by Crippen LogP contribution is 2.19. The third-order valence-corrected chi connectivity index (χ3v) is 2.45. The van der Waals surface area contributed by atoms with Crippen molar-refractivity contribution in [2.24, 2.45) is 0 Å². The fourth-order valence-corrected chi connectivity index (χ4v) is 1.59. The number of carbonyl (C=O) groups is 1. The molecule has 92 valence electrons. The standard InChI is InChI=1S/C14H12FNO2/c1-10-2-3-14(12(4-10)8-17)18-9-11-5-13(15)7-16-6-11/h2-8H,9H2,1H3. The second-order valence-corrected chi connectivity index (χ2v) is 3.96. The Balaban J connectivity index is 2.13. The zero-order valence-corrected chi connectivity index (χ0v) is 9.89. The van der Waals surface area contributed by atoms with E-state index in [1.54, 1.807) is 12.1 Å². The van der Waals surface area contributed by atoms with Gasteiger partial charge in [0.25, 0.3) is 0 Å². The van der Waals surface area contributed by atoms with E-state index in [-0.39, 0.29) is 6.61 Å². The molecular weight excluding hydrogens is 233 g/mol. The van der Waals surface area contributed by atoms with E-state index in [0.29, 0.717) is 16.9 Å². The number of pyridine rings is 1. The van der Waals surface area contributed by atoms with Crippen molar-refractivity contribution in [2.45, 2.75) is 13.5 Å².